The summed E-state index contributed by atoms with van der Waals surface area (Å²) in [7, 11) is 1.52. The molecule has 1 aromatic rings. The van der Waals surface area contributed by atoms with Crippen LogP contribution in [0.25, 0.3) is 0 Å². The van der Waals surface area contributed by atoms with Gasteiger partial charge in [0, 0.05) is 26.2 Å². The Balaban J connectivity index is 2.36. The molecule has 2 rings (SSSR count). The van der Waals surface area contributed by atoms with E-state index in [1.165, 1.54) is 30.1 Å². The number of carbonyl (C=O) groups is 2. The minimum Gasteiger partial charge on any atom is -0.382 e. The highest BCUT2D eigenvalue weighted by Crippen LogP contribution is 2.28. The monoisotopic (exact) mass is 278 g/mol. The Morgan fingerprint density at radius 1 is 1.50 bits per heavy atom. The Morgan fingerprint density at radius 3 is 2.85 bits per heavy atom. The predicted molar refractivity (Wildman–Crippen MR) is 71.6 cm³/mol. The fraction of sp³-hybridized carbons (Fsp3) is 0.333. The van der Waals surface area contributed by atoms with Crippen LogP contribution in [-0.2, 0) is 4.79 Å². The average molecular weight is 278 g/mol. The van der Waals surface area contributed by atoms with Gasteiger partial charge in [0.1, 0.15) is 5.69 Å². The van der Waals surface area contributed by atoms with Crippen molar-refractivity contribution in [2.75, 3.05) is 32.0 Å². The van der Waals surface area contributed by atoms with Gasteiger partial charge in [-0.1, -0.05) is 6.07 Å². The maximum atomic E-state index is 12.4. The van der Waals surface area contributed by atoms with Crippen LogP contribution in [0, 0.1) is 10.1 Å². The lowest BCUT2D eigenvalue weighted by atomic mass is 10.1. The molecule has 0 atom stereocenters. The Labute approximate surface area is 114 Å². The van der Waals surface area contributed by atoms with Crippen LogP contribution in [0.5, 0.6) is 0 Å². The average Bonchev–Trinajstić information content (AvgIpc) is 2.45. The van der Waals surface area contributed by atoms with E-state index in [4.69, 9.17) is 0 Å². The van der Waals surface area contributed by atoms with E-state index in [0.29, 0.717) is 13.1 Å². The van der Waals surface area contributed by atoms with Crippen molar-refractivity contribution in [3.63, 3.8) is 0 Å². The summed E-state index contributed by atoms with van der Waals surface area (Å²) < 4.78 is 0. The number of hydrogen-bond donors (Lipinski definition) is 2. The number of nitrogens with zero attached hydrogens (tertiary/aromatic N) is 2. The molecule has 1 fully saturated rings. The van der Waals surface area contributed by atoms with Crippen molar-refractivity contribution in [3.8, 4) is 0 Å². The quantitative estimate of drug-likeness (QED) is 0.607. The predicted octanol–water partition coefficient (Wildman–Crippen LogP) is 0.208. The maximum absolute atomic E-state index is 12.4. The number of para-hydroxylation sites is 1. The Bertz CT molecular complexity index is 573. The molecule has 106 valence electrons. The number of nitro benzene ring substituents is 1. The van der Waals surface area contributed by atoms with Gasteiger partial charge in [0.15, 0.2) is 0 Å². The number of hydrogen-bond acceptors (Lipinski definition) is 5. The molecular formula is C12H14N4O4. The van der Waals surface area contributed by atoms with Gasteiger partial charge in [-0.15, -0.1) is 0 Å². The van der Waals surface area contributed by atoms with E-state index in [1.54, 1.807) is 0 Å². The third-order valence-electron chi connectivity index (χ3n) is 3.05. The summed E-state index contributed by atoms with van der Waals surface area (Å²) in [5.74, 6) is -0.631. The van der Waals surface area contributed by atoms with Crippen molar-refractivity contribution >= 4 is 23.2 Å². The third-order valence-corrected chi connectivity index (χ3v) is 3.05. The summed E-state index contributed by atoms with van der Waals surface area (Å²) in [6, 6.07) is 4.29. The molecule has 8 nitrogen and oxygen atoms in total. The van der Waals surface area contributed by atoms with Crippen LogP contribution >= 0.6 is 0 Å². The zero-order valence-electron chi connectivity index (χ0n) is 10.9. The molecule has 2 N–H and O–H groups in total. The van der Waals surface area contributed by atoms with E-state index in [-0.39, 0.29) is 29.4 Å². The largest absolute Gasteiger partial charge is 0.382 e. The van der Waals surface area contributed by atoms with Gasteiger partial charge in [-0.05, 0) is 6.07 Å². The standard InChI is InChI=1S/C12H14N4O4/c1-13-11-8(3-2-4-9(11)16(19)20)12(18)15-6-5-14-10(17)7-15/h2-4,13H,5-7H2,1H3,(H,14,17). The molecular weight excluding hydrogens is 264 g/mol. The first-order valence-corrected chi connectivity index (χ1v) is 6.05. The van der Waals surface area contributed by atoms with Crippen LogP contribution in [0.15, 0.2) is 18.2 Å². The molecule has 1 saturated heterocycles. The van der Waals surface area contributed by atoms with Crippen LogP contribution in [0.1, 0.15) is 10.4 Å². The maximum Gasteiger partial charge on any atom is 0.293 e. The molecule has 0 unspecified atom stereocenters. The van der Waals surface area contributed by atoms with E-state index in [1.807, 2.05) is 0 Å². The van der Waals surface area contributed by atoms with E-state index in [0.717, 1.165) is 0 Å². The Kier molecular flexibility index (Phi) is 3.83. The topological polar surface area (TPSA) is 105 Å². The zero-order valence-corrected chi connectivity index (χ0v) is 10.9. The van der Waals surface area contributed by atoms with Gasteiger partial charge in [0.25, 0.3) is 11.6 Å². The Hall–Kier alpha value is -2.64. The highest BCUT2D eigenvalue weighted by molar-refractivity contribution is 6.03. The molecule has 0 saturated carbocycles. The SMILES string of the molecule is CNc1c(C(=O)N2CCNC(=O)C2)cccc1[N+](=O)[O-]. The Morgan fingerprint density at radius 2 is 2.25 bits per heavy atom. The number of carbonyl (C=O) groups excluding carboxylic acids is 2. The van der Waals surface area contributed by atoms with Crippen molar-refractivity contribution in [2.45, 2.75) is 0 Å². The number of piperazine rings is 1. The number of amides is 2. The molecule has 1 aliphatic rings. The van der Waals surface area contributed by atoms with Gasteiger partial charge in [-0.25, -0.2) is 0 Å². The summed E-state index contributed by atoms with van der Waals surface area (Å²) in [4.78, 5) is 35.5. The summed E-state index contributed by atoms with van der Waals surface area (Å²) >= 11 is 0. The normalized spacial score (nSPS) is 14.7. The second-order valence-corrected chi connectivity index (χ2v) is 4.28. The van der Waals surface area contributed by atoms with Crippen LogP contribution < -0.4 is 10.6 Å². The van der Waals surface area contributed by atoms with Gasteiger partial charge in [-0.3, -0.25) is 19.7 Å². The van der Waals surface area contributed by atoms with E-state index >= 15 is 0 Å². The second-order valence-electron chi connectivity index (χ2n) is 4.28. The van der Waals surface area contributed by atoms with Crippen molar-refractivity contribution in [1.82, 2.24) is 10.2 Å². The highest BCUT2D eigenvalue weighted by atomic mass is 16.6. The smallest absolute Gasteiger partial charge is 0.293 e. The second kappa shape index (κ2) is 5.55. The van der Waals surface area contributed by atoms with Gasteiger partial charge in [-0.2, -0.15) is 0 Å². The van der Waals surface area contributed by atoms with Crippen molar-refractivity contribution < 1.29 is 14.5 Å². The lowest BCUT2D eigenvalue weighted by molar-refractivity contribution is -0.384. The summed E-state index contributed by atoms with van der Waals surface area (Å²) in [5, 5.41) is 16.3. The highest BCUT2D eigenvalue weighted by Gasteiger charge is 2.27. The molecule has 1 heterocycles. The van der Waals surface area contributed by atoms with Crippen LogP contribution in [-0.4, -0.2) is 48.3 Å². The summed E-state index contributed by atoms with van der Waals surface area (Å²) in [6.45, 7) is 0.732. The minimum atomic E-state index is -0.550. The summed E-state index contributed by atoms with van der Waals surface area (Å²) in [6.07, 6.45) is 0. The molecule has 8 heteroatoms. The zero-order chi connectivity index (χ0) is 14.7. The fourth-order valence-electron chi connectivity index (χ4n) is 2.12. The van der Waals surface area contributed by atoms with Crippen molar-refractivity contribution in [1.29, 1.82) is 0 Å². The molecule has 20 heavy (non-hydrogen) atoms. The van der Waals surface area contributed by atoms with Gasteiger partial charge in [0.05, 0.1) is 17.0 Å². The lowest BCUT2D eigenvalue weighted by Crippen LogP contribution is -2.50. The molecule has 1 aromatic carbocycles. The van der Waals surface area contributed by atoms with Crippen molar-refractivity contribution in [2.24, 2.45) is 0 Å². The third kappa shape index (κ3) is 2.53. The van der Waals surface area contributed by atoms with Gasteiger partial charge >= 0.3 is 0 Å². The first kappa shape index (κ1) is 13.8. The molecule has 0 aliphatic carbocycles. The number of anilines is 1. The number of rotatable bonds is 3. The van der Waals surface area contributed by atoms with Crippen LogP contribution in [0.3, 0.4) is 0 Å². The molecule has 0 radical (unpaired) electrons. The minimum absolute atomic E-state index is 0.0370. The van der Waals surface area contributed by atoms with E-state index in [2.05, 4.69) is 10.6 Å². The van der Waals surface area contributed by atoms with E-state index in [9.17, 15) is 19.7 Å². The fourth-order valence-corrected chi connectivity index (χ4v) is 2.12. The van der Waals surface area contributed by atoms with Crippen LogP contribution in [0.4, 0.5) is 11.4 Å². The molecule has 0 aromatic heterocycles. The first-order valence-electron chi connectivity index (χ1n) is 6.05. The number of benzene rings is 1. The molecule has 1 aliphatic heterocycles. The molecule has 0 spiro atoms. The summed E-state index contributed by atoms with van der Waals surface area (Å²) in [5.41, 5.74) is 0.185. The molecule has 2 amide bonds. The molecule has 0 bridgehead atoms. The van der Waals surface area contributed by atoms with Gasteiger partial charge < -0.3 is 15.5 Å². The number of nitrogens with one attached hydrogen (secondary N) is 2. The van der Waals surface area contributed by atoms with E-state index < -0.39 is 10.8 Å². The lowest BCUT2D eigenvalue weighted by Gasteiger charge is -2.27. The number of nitro groups is 1. The van der Waals surface area contributed by atoms with Gasteiger partial charge in [0.2, 0.25) is 5.91 Å². The van der Waals surface area contributed by atoms with Crippen molar-refractivity contribution in [3.05, 3.63) is 33.9 Å². The first-order chi connectivity index (χ1) is 9.54. The van der Waals surface area contributed by atoms with Crippen LogP contribution in [0.2, 0.25) is 0 Å².